The molecule has 86 valence electrons. The normalized spacial score (nSPS) is 23.4. The SMILES string of the molecule is Cc1cc2c(cc1F)NCC1CNCCN21. The van der Waals surface area contributed by atoms with Crippen molar-refractivity contribution in [1.82, 2.24) is 5.32 Å². The van der Waals surface area contributed by atoms with E-state index < -0.39 is 0 Å². The van der Waals surface area contributed by atoms with Gasteiger partial charge in [-0.3, -0.25) is 0 Å². The largest absolute Gasteiger partial charge is 0.381 e. The third-order valence-corrected chi connectivity index (χ3v) is 3.46. The van der Waals surface area contributed by atoms with Crippen LogP contribution in [0, 0.1) is 12.7 Å². The summed E-state index contributed by atoms with van der Waals surface area (Å²) in [5, 5.41) is 6.69. The maximum absolute atomic E-state index is 13.5. The Morgan fingerprint density at radius 2 is 2.25 bits per heavy atom. The second-order valence-corrected chi connectivity index (χ2v) is 4.55. The summed E-state index contributed by atoms with van der Waals surface area (Å²) in [7, 11) is 0. The number of fused-ring (bicyclic) bond motifs is 3. The molecule has 1 atom stereocenters. The van der Waals surface area contributed by atoms with Crippen LogP contribution in [-0.4, -0.2) is 32.2 Å². The molecule has 2 aliphatic heterocycles. The van der Waals surface area contributed by atoms with Crippen LogP contribution in [0.25, 0.3) is 0 Å². The van der Waals surface area contributed by atoms with E-state index in [1.165, 1.54) is 0 Å². The predicted octanol–water partition coefficient (Wildman–Crippen LogP) is 1.34. The Balaban J connectivity index is 2.04. The van der Waals surface area contributed by atoms with Crippen molar-refractivity contribution in [3.05, 3.63) is 23.5 Å². The lowest BCUT2D eigenvalue weighted by atomic mass is 10.0. The quantitative estimate of drug-likeness (QED) is 0.692. The van der Waals surface area contributed by atoms with E-state index in [-0.39, 0.29) is 5.82 Å². The lowest BCUT2D eigenvalue weighted by Crippen LogP contribution is -2.56. The number of benzene rings is 1. The Labute approximate surface area is 94.6 Å². The fraction of sp³-hybridized carbons (Fsp3) is 0.500. The Kier molecular flexibility index (Phi) is 2.24. The number of rotatable bonds is 0. The van der Waals surface area contributed by atoms with Crippen LogP contribution in [0.3, 0.4) is 0 Å². The van der Waals surface area contributed by atoms with Gasteiger partial charge in [0.15, 0.2) is 0 Å². The van der Waals surface area contributed by atoms with Gasteiger partial charge in [-0.05, 0) is 24.6 Å². The summed E-state index contributed by atoms with van der Waals surface area (Å²) in [5.74, 6) is -0.125. The zero-order chi connectivity index (χ0) is 11.1. The van der Waals surface area contributed by atoms with E-state index in [1.807, 2.05) is 13.0 Å². The molecule has 2 N–H and O–H groups in total. The van der Waals surface area contributed by atoms with Gasteiger partial charge in [0.25, 0.3) is 0 Å². The molecule has 3 nitrogen and oxygen atoms in total. The molecule has 1 aromatic carbocycles. The van der Waals surface area contributed by atoms with E-state index >= 15 is 0 Å². The van der Waals surface area contributed by atoms with E-state index in [0.717, 1.165) is 43.1 Å². The molecule has 2 aliphatic rings. The highest BCUT2D eigenvalue weighted by Crippen LogP contribution is 2.33. The first kappa shape index (κ1) is 9.90. The highest BCUT2D eigenvalue weighted by Gasteiger charge is 2.28. The molecule has 0 amide bonds. The van der Waals surface area contributed by atoms with Crippen LogP contribution in [0.2, 0.25) is 0 Å². The van der Waals surface area contributed by atoms with E-state index in [0.29, 0.717) is 6.04 Å². The van der Waals surface area contributed by atoms with Crippen molar-refractivity contribution in [2.45, 2.75) is 13.0 Å². The van der Waals surface area contributed by atoms with Crippen molar-refractivity contribution in [3.63, 3.8) is 0 Å². The fourth-order valence-electron chi connectivity index (χ4n) is 2.53. The molecule has 0 saturated carbocycles. The van der Waals surface area contributed by atoms with Crippen LogP contribution in [0.1, 0.15) is 5.56 Å². The Morgan fingerprint density at radius 1 is 1.38 bits per heavy atom. The van der Waals surface area contributed by atoms with E-state index in [4.69, 9.17) is 0 Å². The van der Waals surface area contributed by atoms with Crippen molar-refractivity contribution in [1.29, 1.82) is 0 Å². The molecule has 1 saturated heterocycles. The average molecular weight is 221 g/mol. The summed E-state index contributed by atoms with van der Waals surface area (Å²) < 4.78 is 13.5. The minimum absolute atomic E-state index is 0.125. The molecule has 4 heteroatoms. The van der Waals surface area contributed by atoms with Crippen molar-refractivity contribution < 1.29 is 4.39 Å². The van der Waals surface area contributed by atoms with Crippen LogP contribution in [0.15, 0.2) is 12.1 Å². The number of halogens is 1. The monoisotopic (exact) mass is 221 g/mol. The van der Waals surface area contributed by atoms with Crippen LogP contribution in [0.5, 0.6) is 0 Å². The topological polar surface area (TPSA) is 27.3 Å². The average Bonchev–Trinajstić information content (AvgIpc) is 2.31. The zero-order valence-corrected chi connectivity index (χ0v) is 9.39. The number of aryl methyl sites for hydroxylation is 1. The van der Waals surface area contributed by atoms with Crippen molar-refractivity contribution in [3.8, 4) is 0 Å². The van der Waals surface area contributed by atoms with Crippen LogP contribution in [0.4, 0.5) is 15.8 Å². The smallest absolute Gasteiger partial charge is 0.128 e. The molecule has 1 unspecified atom stereocenters. The molecule has 1 fully saturated rings. The highest BCUT2D eigenvalue weighted by molar-refractivity contribution is 5.74. The molecule has 0 radical (unpaired) electrons. The fourth-order valence-corrected chi connectivity index (χ4v) is 2.53. The third kappa shape index (κ3) is 1.45. The van der Waals surface area contributed by atoms with Gasteiger partial charge in [-0.1, -0.05) is 0 Å². The summed E-state index contributed by atoms with van der Waals surface area (Å²) in [6.45, 7) is 5.73. The Bertz CT molecular complexity index is 419. The first-order valence-corrected chi connectivity index (χ1v) is 5.77. The van der Waals surface area contributed by atoms with Gasteiger partial charge in [0.2, 0.25) is 0 Å². The van der Waals surface area contributed by atoms with Gasteiger partial charge in [0.1, 0.15) is 5.82 Å². The predicted molar refractivity (Wildman–Crippen MR) is 63.6 cm³/mol. The number of hydrogen-bond donors (Lipinski definition) is 2. The van der Waals surface area contributed by atoms with Gasteiger partial charge in [-0.2, -0.15) is 0 Å². The molecule has 0 aromatic heterocycles. The van der Waals surface area contributed by atoms with E-state index in [9.17, 15) is 4.39 Å². The highest BCUT2D eigenvalue weighted by atomic mass is 19.1. The first-order chi connectivity index (χ1) is 7.75. The molecule has 1 aromatic rings. The minimum Gasteiger partial charge on any atom is -0.381 e. The summed E-state index contributed by atoms with van der Waals surface area (Å²) >= 11 is 0. The van der Waals surface area contributed by atoms with E-state index in [2.05, 4.69) is 15.5 Å². The standard InChI is InChI=1S/C12H16FN3/c1-8-4-12-11(5-10(8)13)15-7-9-6-14-2-3-16(9)12/h4-5,9,14-15H,2-3,6-7H2,1H3. The molecule has 0 bridgehead atoms. The number of nitrogens with one attached hydrogen (secondary N) is 2. The van der Waals surface area contributed by atoms with Crippen molar-refractivity contribution in [2.24, 2.45) is 0 Å². The Hall–Kier alpha value is -1.29. The Morgan fingerprint density at radius 3 is 3.12 bits per heavy atom. The molecule has 16 heavy (non-hydrogen) atoms. The number of nitrogens with zero attached hydrogens (tertiary/aromatic N) is 1. The van der Waals surface area contributed by atoms with Gasteiger partial charge in [0.05, 0.1) is 17.4 Å². The number of hydrogen-bond acceptors (Lipinski definition) is 3. The molecule has 0 spiro atoms. The molecule has 2 heterocycles. The number of anilines is 2. The van der Waals surface area contributed by atoms with Crippen LogP contribution < -0.4 is 15.5 Å². The summed E-state index contributed by atoms with van der Waals surface area (Å²) in [6, 6.07) is 4.06. The zero-order valence-electron chi connectivity index (χ0n) is 9.39. The second-order valence-electron chi connectivity index (χ2n) is 4.55. The minimum atomic E-state index is -0.125. The van der Waals surface area contributed by atoms with Gasteiger partial charge in [0, 0.05) is 26.2 Å². The maximum atomic E-state index is 13.5. The van der Waals surface area contributed by atoms with Crippen molar-refractivity contribution >= 4 is 11.4 Å². The summed E-state index contributed by atoms with van der Waals surface area (Å²) in [6.07, 6.45) is 0. The second kappa shape index (κ2) is 3.63. The number of piperazine rings is 1. The lowest BCUT2D eigenvalue weighted by molar-refractivity contribution is 0.481. The van der Waals surface area contributed by atoms with Gasteiger partial charge < -0.3 is 15.5 Å². The maximum Gasteiger partial charge on any atom is 0.128 e. The summed E-state index contributed by atoms with van der Waals surface area (Å²) in [5.41, 5.74) is 2.80. The van der Waals surface area contributed by atoms with Gasteiger partial charge >= 0.3 is 0 Å². The molecular formula is C12H16FN3. The van der Waals surface area contributed by atoms with Crippen molar-refractivity contribution in [2.75, 3.05) is 36.4 Å². The molecule has 3 rings (SSSR count). The summed E-state index contributed by atoms with van der Waals surface area (Å²) in [4.78, 5) is 2.38. The molecular weight excluding hydrogens is 205 g/mol. The van der Waals surface area contributed by atoms with Gasteiger partial charge in [-0.15, -0.1) is 0 Å². The van der Waals surface area contributed by atoms with E-state index in [1.54, 1.807) is 6.07 Å². The molecule has 0 aliphatic carbocycles. The van der Waals surface area contributed by atoms with Crippen LogP contribution >= 0.6 is 0 Å². The third-order valence-electron chi connectivity index (χ3n) is 3.46. The van der Waals surface area contributed by atoms with Gasteiger partial charge in [-0.25, -0.2) is 4.39 Å². The first-order valence-electron chi connectivity index (χ1n) is 5.77. The lowest BCUT2D eigenvalue weighted by Gasteiger charge is -2.43. The van der Waals surface area contributed by atoms with Crippen LogP contribution in [-0.2, 0) is 0 Å².